The van der Waals surface area contributed by atoms with E-state index in [4.69, 9.17) is 14.6 Å². The predicted octanol–water partition coefficient (Wildman–Crippen LogP) is 1.92. The first-order valence-corrected chi connectivity index (χ1v) is 6.40. The van der Waals surface area contributed by atoms with Crippen molar-refractivity contribution < 1.29 is 19.4 Å². The molecule has 0 aliphatic rings. The zero-order chi connectivity index (χ0) is 14.1. The molecule has 1 aromatic carbocycles. The smallest absolute Gasteiger partial charge is 0.320 e. The highest BCUT2D eigenvalue weighted by molar-refractivity contribution is 5.73. The maximum atomic E-state index is 10.9. The van der Waals surface area contributed by atoms with Crippen LogP contribution in [0.1, 0.15) is 19.8 Å². The zero-order valence-electron chi connectivity index (χ0n) is 11.4. The van der Waals surface area contributed by atoms with E-state index in [-0.39, 0.29) is 0 Å². The fourth-order valence-electron chi connectivity index (χ4n) is 1.69. The van der Waals surface area contributed by atoms with Gasteiger partial charge in [-0.25, -0.2) is 0 Å². The molecule has 0 fully saturated rings. The highest BCUT2D eigenvalue weighted by Crippen LogP contribution is 2.18. The SMILES string of the molecule is CCCC(NCCOc1cccc(OC)c1)C(=O)O. The molecular formula is C14H21NO4. The number of benzene rings is 1. The zero-order valence-corrected chi connectivity index (χ0v) is 11.4. The Hall–Kier alpha value is -1.75. The largest absolute Gasteiger partial charge is 0.497 e. The average Bonchev–Trinajstić information content (AvgIpc) is 2.42. The molecule has 0 spiro atoms. The summed E-state index contributed by atoms with van der Waals surface area (Å²) in [6.45, 7) is 2.87. The average molecular weight is 267 g/mol. The van der Waals surface area contributed by atoms with E-state index in [9.17, 15) is 4.79 Å². The number of carbonyl (C=O) groups is 1. The van der Waals surface area contributed by atoms with Crippen LogP contribution in [-0.2, 0) is 4.79 Å². The Kier molecular flexibility index (Phi) is 6.74. The van der Waals surface area contributed by atoms with Crippen molar-refractivity contribution in [2.24, 2.45) is 0 Å². The molecule has 0 amide bonds. The van der Waals surface area contributed by atoms with Crippen molar-refractivity contribution in [1.82, 2.24) is 5.32 Å². The Bertz CT molecular complexity index is 395. The van der Waals surface area contributed by atoms with Gasteiger partial charge in [0, 0.05) is 12.6 Å². The maximum Gasteiger partial charge on any atom is 0.320 e. The number of ether oxygens (including phenoxy) is 2. The van der Waals surface area contributed by atoms with Crippen LogP contribution in [0, 0.1) is 0 Å². The second-order valence-corrected chi connectivity index (χ2v) is 4.16. The van der Waals surface area contributed by atoms with E-state index < -0.39 is 12.0 Å². The molecule has 1 unspecified atom stereocenters. The molecule has 5 heteroatoms. The summed E-state index contributed by atoms with van der Waals surface area (Å²) in [5.41, 5.74) is 0. The van der Waals surface area contributed by atoms with Crippen LogP contribution in [0.4, 0.5) is 0 Å². The number of carboxylic acid groups (broad SMARTS) is 1. The van der Waals surface area contributed by atoms with Crippen LogP contribution >= 0.6 is 0 Å². The molecule has 19 heavy (non-hydrogen) atoms. The van der Waals surface area contributed by atoms with Crippen molar-refractivity contribution in [3.05, 3.63) is 24.3 Å². The summed E-state index contributed by atoms with van der Waals surface area (Å²) in [4.78, 5) is 10.9. The molecule has 106 valence electrons. The predicted molar refractivity (Wildman–Crippen MR) is 72.8 cm³/mol. The first-order valence-electron chi connectivity index (χ1n) is 6.40. The van der Waals surface area contributed by atoms with E-state index in [0.29, 0.717) is 25.3 Å². The van der Waals surface area contributed by atoms with Gasteiger partial charge < -0.3 is 19.9 Å². The molecule has 0 saturated carbocycles. The van der Waals surface area contributed by atoms with Crippen LogP contribution in [0.3, 0.4) is 0 Å². The summed E-state index contributed by atoms with van der Waals surface area (Å²) < 4.78 is 10.6. The number of methoxy groups -OCH3 is 1. The number of rotatable bonds is 9. The summed E-state index contributed by atoms with van der Waals surface area (Å²) in [5.74, 6) is 0.631. The molecule has 0 saturated heterocycles. The van der Waals surface area contributed by atoms with Gasteiger partial charge in [0.05, 0.1) is 7.11 Å². The van der Waals surface area contributed by atoms with Gasteiger partial charge in [-0.1, -0.05) is 19.4 Å². The van der Waals surface area contributed by atoms with Gasteiger partial charge in [-0.05, 0) is 18.6 Å². The van der Waals surface area contributed by atoms with Gasteiger partial charge in [0.2, 0.25) is 0 Å². The van der Waals surface area contributed by atoms with Crippen LogP contribution in [0.25, 0.3) is 0 Å². The van der Waals surface area contributed by atoms with Gasteiger partial charge in [-0.15, -0.1) is 0 Å². The molecule has 1 rings (SSSR count). The van der Waals surface area contributed by atoms with E-state index in [2.05, 4.69) is 5.32 Å². The lowest BCUT2D eigenvalue weighted by atomic mass is 10.2. The van der Waals surface area contributed by atoms with E-state index in [1.807, 2.05) is 25.1 Å². The fraction of sp³-hybridized carbons (Fsp3) is 0.500. The molecule has 1 aromatic rings. The first kappa shape index (κ1) is 15.3. The Morgan fingerprint density at radius 1 is 1.42 bits per heavy atom. The minimum atomic E-state index is -0.816. The number of nitrogens with one attached hydrogen (secondary N) is 1. The summed E-state index contributed by atoms with van der Waals surface area (Å²) >= 11 is 0. The molecule has 1 atom stereocenters. The molecule has 0 bridgehead atoms. The van der Waals surface area contributed by atoms with Crippen molar-refractivity contribution in [2.75, 3.05) is 20.3 Å². The van der Waals surface area contributed by atoms with Crippen LogP contribution in [0.2, 0.25) is 0 Å². The normalized spacial score (nSPS) is 11.9. The van der Waals surface area contributed by atoms with Crippen LogP contribution in [0.5, 0.6) is 11.5 Å². The van der Waals surface area contributed by atoms with Gasteiger partial charge in [0.1, 0.15) is 24.1 Å². The lowest BCUT2D eigenvalue weighted by molar-refractivity contribution is -0.139. The molecular weight excluding hydrogens is 246 g/mol. The second kappa shape index (κ2) is 8.37. The molecule has 0 aliphatic carbocycles. The number of aliphatic carboxylic acids is 1. The van der Waals surface area contributed by atoms with Gasteiger partial charge in [0.25, 0.3) is 0 Å². The first-order chi connectivity index (χ1) is 9.17. The van der Waals surface area contributed by atoms with Crippen LogP contribution in [0.15, 0.2) is 24.3 Å². The minimum Gasteiger partial charge on any atom is -0.497 e. The van der Waals surface area contributed by atoms with E-state index in [0.717, 1.165) is 12.2 Å². The maximum absolute atomic E-state index is 10.9. The Morgan fingerprint density at radius 2 is 2.16 bits per heavy atom. The van der Waals surface area contributed by atoms with Crippen LogP contribution in [-0.4, -0.2) is 37.4 Å². The molecule has 0 radical (unpaired) electrons. The Morgan fingerprint density at radius 3 is 2.79 bits per heavy atom. The van der Waals surface area contributed by atoms with Crippen molar-refractivity contribution in [2.45, 2.75) is 25.8 Å². The van der Waals surface area contributed by atoms with E-state index >= 15 is 0 Å². The minimum absolute atomic E-state index is 0.417. The van der Waals surface area contributed by atoms with Gasteiger partial charge in [-0.3, -0.25) is 4.79 Å². The standard InChI is InChI=1S/C14H21NO4/c1-3-5-13(14(16)17)15-8-9-19-12-7-4-6-11(10-12)18-2/h4,6-7,10,13,15H,3,5,8-9H2,1-2H3,(H,16,17). The summed E-state index contributed by atoms with van der Waals surface area (Å²) in [7, 11) is 1.60. The third-order valence-corrected chi connectivity index (χ3v) is 2.68. The number of hydrogen-bond donors (Lipinski definition) is 2. The van der Waals surface area contributed by atoms with Gasteiger partial charge in [0.15, 0.2) is 0 Å². The number of hydrogen-bond acceptors (Lipinski definition) is 4. The van der Waals surface area contributed by atoms with Gasteiger partial charge >= 0.3 is 5.97 Å². The Balaban J connectivity index is 2.31. The lowest BCUT2D eigenvalue weighted by Gasteiger charge is -2.14. The highest BCUT2D eigenvalue weighted by atomic mass is 16.5. The summed E-state index contributed by atoms with van der Waals surface area (Å²) in [5, 5.41) is 11.9. The second-order valence-electron chi connectivity index (χ2n) is 4.16. The van der Waals surface area contributed by atoms with Crippen molar-refractivity contribution in [1.29, 1.82) is 0 Å². The lowest BCUT2D eigenvalue weighted by Crippen LogP contribution is -2.38. The third kappa shape index (κ3) is 5.61. The summed E-state index contributed by atoms with van der Waals surface area (Å²) in [6, 6.07) is 6.81. The molecule has 0 aromatic heterocycles. The fourth-order valence-corrected chi connectivity index (χ4v) is 1.69. The highest BCUT2D eigenvalue weighted by Gasteiger charge is 2.14. The van der Waals surface area contributed by atoms with Crippen molar-refractivity contribution in [3.8, 4) is 11.5 Å². The number of carboxylic acids is 1. The van der Waals surface area contributed by atoms with Crippen molar-refractivity contribution >= 4 is 5.97 Å². The molecule has 0 heterocycles. The topological polar surface area (TPSA) is 67.8 Å². The molecule has 5 nitrogen and oxygen atoms in total. The van der Waals surface area contributed by atoms with E-state index in [1.165, 1.54) is 0 Å². The van der Waals surface area contributed by atoms with Crippen LogP contribution < -0.4 is 14.8 Å². The Labute approximate surface area is 113 Å². The van der Waals surface area contributed by atoms with Crippen molar-refractivity contribution in [3.63, 3.8) is 0 Å². The van der Waals surface area contributed by atoms with E-state index in [1.54, 1.807) is 13.2 Å². The van der Waals surface area contributed by atoms with Gasteiger partial charge in [-0.2, -0.15) is 0 Å². The quantitative estimate of drug-likeness (QED) is 0.669. The third-order valence-electron chi connectivity index (χ3n) is 2.68. The monoisotopic (exact) mass is 267 g/mol. The molecule has 2 N–H and O–H groups in total. The molecule has 0 aliphatic heterocycles. The summed E-state index contributed by atoms with van der Waals surface area (Å²) in [6.07, 6.45) is 1.45.